The lowest BCUT2D eigenvalue weighted by Gasteiger charge is -2.22. The van der Waals surface area contributed by atoms with Crippen molar-refractivity contribution in [3.05, 3.63) is 144 Å². The Morgan fingerprint density at radius 1 is 0.489 bits per heavy atom. The fourth-order valence-corrected chi connectivity index (χ4v) is 6.05. The first kappa shape index (κ1) is 30.3. The molecule has 0 fully saturated rings. The Kier molecular flexibility index (Phi) is 8.54. The molecule has 3 heteroatoms. The summed E-state index contributed by atoms with van der Waals surface area (Å²) < 4.78 is 16.0. The van der Waals surface area contributed by atoms with Gasteiger partial charge in [0.05, 0.1) is 5.69 Å². The Morgan fingerprint density at radius 2 is 0.933 bits per heavy atom. The number of hydrogen-bond donors (Lipinski definition) is 0. The summed E-state index contributed by atoms with van der Waals surface area (Å²) in [5, 5.41) is 0. The summed E-state index contributed by atoms with van der Waals surface area (Å²) in [5.74, 6) is 1.85. The molecule has 0 aliphatic heterocycles. The molecular formula is C42H41FN2. The van der Waals surface area contributed by atoms with Crippen molar-refractivity contribution in [3.63, 3.8) is 0 Å². The molecule has 0 atom stereocenters. The van der Waals surface area contributed by atoms with E-state index < -0.39 is 0 Å². The Bertz CT molecular complexity index is 1890. The highest BCUT2D eigenvalue weighted by Crippen LogP contribution is 2.45. The fourth-order valence-electron chi connectivity index (χ4n) is 6.05. The molecule has 0 spiro atoms. The molecule has 0 N–H and O–H groups in total. The van der Waals surface area contributed by atoms with Crippen LogP contribution in [-0.4, -0.2) is 9.55 Å². The number of halogens is 1. The third kappa shape index (κ3) is 6.13. The first-order valence-electron chi connectivity index (χ1n) is 16.0. The summed E-state index contributed by atoms with van der Waals surface area (Å²) in [6.45, 7) is 13.4. The lowest BCUT2D eigenvalue weighted by atomic mass is 9.85. The summed E-state index contributed by atoms with van der Waals surface area (Å²) >= 11 is 0. The second-order valence-corrected chi connectivity index (χ2v) is 12.8. The van der Waals surface area contributed by atoms with Crippen LogP contribution in [0.15, 0.2) is 122 Å². The van der Waals surface area contributed by atoms with Gasteiger partial charge in [0, 0.05) is 23.5 Å². The van der Waals surface area contributed by atoms with Crippen molar-refractivity contribution in [1.82, 2.24) is 9.55 Å². The van der Waals surface area contributed by atoms with Crippen LogP contribution in [0.5, 0.6) is 0 Å². The van der Waals surface area contributed by atoms with Gasteiger partial charge in [-0.05, 0) is 92.6 Å². The molecule has 6 aromatic rings. The molecular weight excluding hydrogens is 551 g/mol. The molecule has 5 aromatic carbocycles. The Hall–Kier alpha value is -4.76. The quantitative estimate of drug-likeness (QED) is 0.172. The van der Waals surface area contributed by atoms with E-state index in [9.17, 15) is 4.39 Å². The van der Waals surface area contributed by atoms with Crippen molar-refractivity contribution < 1.29 is 4.39 Å². The molecule has 0 saturated carbocycles. The van der Waals surface area contributed by atoms with Crippen molar-refractivity contribution in [2.45, 2.75) is 59.3 Å². The maximum atomic E-state index is 13.9. The number of hydrogen-bond acceptors (Lipinski definition) is 1. The first-order chi connectivity index (χ1) is 21.7. The smallest absolute Gasteiger partial charge is 0.144 e. The highest BCUT2D eigenvalue weighted by atomic mass is 19.1. The second-order valence-electron chi connectivity index (χ2n) is 12.8. The lowest BCUT2D eigenvalue weighted by molar-refractivity contribution is 0.628. The number of aromatic nitrogens is 2. The molecule has 0 amide bonds. The van der Waals surface area contributed by atoms with Gasteiger partial charge >= 0.3 is 0 Å². The van der Waals surface area contributed by atoms with Gasteiger partial charge in [0.25, 0.3) is 0 Å². The summed E-state index contributed by atoms with van der Waals surface area (Å²) in [4.78, 5) is 4.75. The van der Waals surface area contributed by atoms with Gasteiger partial charge in [-0.25, -0.2) is 9.37 Å². The van der Waals surface area contributed by atoms with Gasteiger partial charge in [0.2, 0.25) is 0 Å². The predicted molar refractivity (Wildman–Crippen MR) is 188 cm³/mol. The standard InChI is InChI=1S/C42H41FN2/c1-27(2)30-7-13-33(14-8-30)38-23-24-39(45-26-25-44-42(45)36-19-21-37(43)22-20-36)41(35-17-11-32(12-18-35)29(5)6)40(38)34-15-9-31(10-16-34)28(3)4/h7-29H,1-6H3. The molecule has 1 heterocycles. The molecule has 1 aromatic heterocycles. The molecule has 0 aliphatic rings. The van der Waals surface area contributed by atoms with Gasteiger partial charge in [0.1, 0.15) is 11.6 Å². The van der Waals surface area contributed by atoms with Crippen molar-refractivity contribution in [1.29, 1.82) is 0 Å². The van der Waals surface area contributed by atoms with E-state index >= 15 is 0 Å². The third-order valence-corrected chi connectivity index (χ3v) is 8.81. The van der Waals surface area contributed by atoms with Crippen LogP contribution in [0.1, 0.15) is 76.0 Å². The van der Waals surface area contributed by atoms with Crippen molar-refractivity contribution in [2.75, 3.05) is 0 Å². The topological polar surface area (TPSA) is 17.8 Å². The lowest BCUT2D eigenvalue weighted by Crippen LogP contribution is -2.03. The first-order valence-corrected chi connectivity index (χ1v) is 16.0. The maximum Gasteiger partial charge on any atom is 0.144 e. The zero-order valence-electron chi connectivity index (χ0n) is 27.1. The Balaban J connectivity index is 1.67. The minimum absolute atomic E-state index is 0.261. The van der Waals surface area contributed by atoms with Gasteiger partial charge in [-0.1, -0.05) is 120 Å². The van der Waals surface area contributed by atoms with E-state index in [0.717, 1.165) is 33.8 Å². The van der Waals surface area contributed by atoms with Crippen LogP contribution in [0.25, 0.3) is 50.5 Å². The van der Waals surface area contributed by atoms with E-state index in [2.05, 4.69) is 131 Å². The van der Waals surface area contributed by atoms with Crippen LogP contribution >= 0.6 is 0 Å². The van der Waals surface area contributed by atoms with Gasteiger partial charge in [-0.3, -0.25) is 4.57 Å². The normalized spacial score (nSPS) is 11.6. The molecule has 0 saturated heterocycles. The van der Waals surface area contributed by atoms with Crippen LogP contribution in [0.4, 0.5) is 4.39 Å². The van der Waals surface area contributed by atoms with Crippen molar-refractivity contribution in [2.24, 2.45) is 0 Å². The highest BCUT2D eigenvalue weighted by molar-refractivity contribution is 5.98. The Labute approximate surface area is 267 Å². The van der Waals surface area contributed by atoms with Gasteiger partial charge in [0.15, 0.2) is 0 Å². The number of rotatable bonds is 8. The van der Waals surface area contributed by atoms with Crippen LogP contribution in [0.2, 0.25) is 0 Å². The largest absolute Gasteiger partial charge is 0.299 e. The minimum atomic E-state index is -0.261. The third-order valence-electron chi connectivity index (χ3n) is 8.81. The summed E-state index contributed by atoms with van der Waals surface area (Å²) in [6.07, 6.45) is 3.82. The molecule has 0 bridgehead atoms. The van der Waals surface area contributed by atoms with Crippen LogP contribution in [0, 0.1) is 5.82 Å². The summed E-state index contributed by atoms with van der Waals surface area (Å²) in [6, 6.07) is 38.1. The zero-order valence-corrected chi connectivity index (χ0v) is 27.1. The van der Waals surface area contributed by atoms with E-state index in [1.165, 1.54) is 45.5 Å². The van der Waals surface area contributed by atoms with Crippen molar-refractivity contribution >= 4 is 0 Å². The van der Waals surface area contributed by atoms with E-state index in [4.69, 9.17) is 4.98 Å². The molecule has 226 valence electrons. The minimum Gasteiger partial charge on any atom is -0.299 e. The molecule has 2 nitrogen and oxygen atoms in total. The van der Waals surface area contributed by atoms with E-state index in [1.807, 2.05) is 12.4 Å². The maximum absolute atomic E-state index is 13.9. The molecule has 0 unspecified atom stereocenters. The van der Waals surface area contributed by atoms with Crippen LogP contribution in [0.3, 0.4) is 0 Å². The van der Waals surface area contributed by atoms with Crippen LogP contribution in [-0.2, 0) is 0 Å². The van der Waals surface area contributed by atoms with Gasteiger partial charge < -0.3 is 0 Å². The predicted octanol–water partition coefficient (Wildman–Crippen LogP) is 12.0. The summed E-state index contributed by atoms with van der Waals surface area (Å²) in [5.41, 5.74) is 12.8. The van der Waals surface area contributed by atoms with E-state index in [-0.39, 0.29) is 5.82 Å². The number of nitrogens with zero attached hydrogens (tertiary/aromatic N) is 2. The average Bonchev–Trinajstić information content (AvgIpc) is 3.54. The second kappa shape index (κ2) is 12.7. The molecule has 0 radical (unpaired) electrons. The fraction of sp³-hybridized carbons (Fsp3) is 0.214. The number of imidazole rings is 1. The van der Waals surface area contributed by atoms with E-state index in [0.29, 0.717) is 17.8 Å². The number of benzene rings is 5. The van der Waals surface area contributed by atoms with Gasteiger partial charge in [-0.2, -0.15) is 0 Å². The Morgan fingerprint density at radius 3 is 1.42 bits per heavy atom. The van der Waals surface area contributed by atoms with E-state index in [1.54, 1.807) is 12.1 Å². The molecule has 0 aliphatic carbocycles. The zero-order chi connectivity index (χ0) is 31.7. The molecule has 45 heavy (non-hydrogen) atoms. The highest BCUT2D eigenvalue weighted by Gasteiger charge is 2.22. The monoisotopic (exact) mass is 592 g/mol. The van der Waals surface area contributed by atoms with Crippen molar-refractivity contribution in [3.8, 4) is 50.5 Å². The summed E-state index contributed by atoms with van der Waals surface area (Å²) in [7, 11) is 0. The SMILES string of the molecule is CC(C)c1ccc(-c2ccc(-n3ccnc3-c3ccc(F)cc3)c(-c3ccc(C(C)C)cc3)c2-c2ccc(C(C)C)cc2)cc1. The van der Waals surface area contributed by atoms with Gasteiger partial charge in [-0.15, -0.1) is 0 Å². The average molecular weight is 593 g/mol. The van der Waals surface area contributed by atoms with Crippen LogP contribution < -0.4 is 0 Å². The molecule has 6 rings (SSSR count).